The molecule has 1 N–H and O–H groups in total. The molecular weight excluding hydrogens is 478 g/mol. The van der Waals surface area contributed by atoms with E-state index in [9.17, 15) is 13.2 Å². The van der Waals surface area contributed by atoms with E-state index in [4.69, 9.17) is 11.6 Å². The van der Waals surface area contributed by atoms with Gasteiger partial charge in [0.05, 0.1) is 10.5 Å². The summed E-state index contributed by atoms with van der Waals surface area (Å²) in [7, 11) is -0.883. The van der Waals surface area contributed by atoms with Crippen molar-refractivity contribution in [3.8, 4) is 0 Å². The van der Waals surface area contributed by atoms with Crippen molar-refractivity contribution in [1.82, 2.24) is 14.2 Å². The first-order valence-electron chi connectivity index (χ1n) is 8.99. The molecule has 0 saturated heterocycles. The number of para-hydroxylation sites is 1. The van der Waals surface area contributed by atoms with Gasteiger partial charge < -0.3 is 9.88 Å². The lowest BCUT2D eigenvalue weighted by molar-refractivity contribution is 0.0735. The van der Waals surface area contributed by atoms with Crippen LogP contribution in [0.2, 0.25) is 5.02 Å². The van der Waals surface area contributed by atoms with Crippen molar-refractivity contribution in [3.63, 3.8) is 0 Å². The summed E-state index contributed by atoms with van der Waals surface area (Å²) < 4.78 is 27.1. The molecule has 0 fully saturated rings. The molecule has 152 valence electrons. The molecule has 2 heterocycles. The highest BCUT2D eigenvalue weighted by Gasteiger charge is 2.27. The van der Waals surface area contributed by atoms with Crippen molar-refractivity contribution in [2.24, 2.45) is 0 Å². The third-order valence-corrected chi connectivity index (χ3v) is 8.14. The van der Waals surface area contributed by atoms with Crippen LogP contribution >= 0.6 is 27.5 Å². The number of hydrogen-bond acceptors (Lipinski definition) is 3. The van der Waals surface area contributed by atoms with Crippen molar-refractivity contribution in [2.45, 2.75) is 17.9 Å². The predicted molar refractivity (Wildman–Crippen MR) is 117 cm³/mol. The molecule has 6 nitrogen and oxygen atoms in total. The lowest BCUT2D eigenvalue weighted by Gasteiger charge is -2.27. The van der Waals surface area contributed by atoms with Gasteiger partial charge in [0.1, 0.15) is 4.90 Å². The van der Waals surface area contributed by atoms with Crippen LogP contribution in [-0.4, -0.2) is 49.2 Å². The third kappa shape index (κ3) is 3.48. The largest absolute Gasteiger partial charge is 0.357 e. The monoisotopic (exact) mass is 495 g/mol. The maximum absolute atomic E-state index is 13.1. The smallest absolute Gasteiger partial charge is 0.254 e. The number of carbonyl (C=O) groups excluding carboxylic acids is 1. The van der Waals surface area contributed by atoms with Gasteiger partial charge in [-0.15, -0.1) is 0 Å². The molecule has 0 bridgehead atoms. The van der Waals surface area contributed by atoms with Gasteiger partial charge in [0.15, 0.2) is 0 Å². The average Bonchev–Trinajstić information content (AvgIpc) is 3.07. The maximum atomic E-state index is 13.1. The molecule has 4 rings (SSSR count). The summed E-state index contributed by atoms with van der Waals surface area (Å²) in [5.41, 5.74) is 3.55. The Kier molecular flexibility index (Phi) is 5.23. The van der Waals surface area contributed by atoms with Gasteiger partial charge in [0.2, 0.25) is 10.0 Å². The fraction of sp³-hybridized carbons (Fsp3) is 0.250. The first-order chi connectivity index (χ1) is 13.7. The fourth-order valence-electron chi connectivity index (χ4n) is 3.59. The second-order valence-corrected chi connectivity index (χ2v) is 10.5. The number of benzene rings is 2. The zero-order valence-electron chi connectivity index (χ0n) is 15.9. The normalized spacial score (nSPS) is 14.4. The summed E-state index contributed by atoms with van der Waals surface area (Å²) in [6, 6.07) is 10.4. The Balaban J connectivity index is 1.69. The molecule has 1 aromatic heterocycles. The summed E-state index contributed by atoms with van der Waals surface area (Å²) in [6.45, 7) is 1.01. The molecule has 1 aliphatic rings. The third-order valence-electron chi connectivity index (χ3n) is 5.18. The molecule has 0 unspecified atom stereocenters. The number of halogens is 2. The molecule has 1 amide bonds. The minimum Gasteiger partial charge on any atom is -0.357 e. The van der Waals surface area contributed by atoms with Crippen LogP contribution in [0, 0.1) is 0 Å². The number of fused-ring (bicyclic) bond motifs is 3. The number of H-pyrrole nitrogens is 1. The zero-order valence-corrected chi connectivity index (χ0v) is 19.0. The average molecular weight is 497 g/mol. The number of nitrogens with zero attached hydrogens (tertiary/aromatic N) is 2. The first-order valence-corrected chi connectivity index (χ1v) is 11.6. The standard InChI is InChI=1S/C20H19BrClN3O3S/c1-24(2)29(27,28)18-10-12(6-7-16(18)22)20(26)25-9-8-17-14(11-25)13-4-3-5-15(21)19(13)23-17/h3-7,10,23H,8-9,11H2,1-2H3. The zero-order chi connectivity index (χ0) is 20.9. The van der Waals surface area contributed by atoms with Crippen LogP contribution in [0.25, 0.3) is 10.9 Å². The number of amides is 1. The Labute approximate surface area is 182 Å². The van der Waals surface area contributed by atoms with Crippen molar-refractivity contribution in [2.75, 3.05) is 20.6 Å². The molecule has 0 radical (unpaired) electrons. The predicted octanol–water partition coefficient (Wildman–Crippen LogP) is 4.03. The summed E-state index contributed by atoms with van der Waals surface area (Å²) in [5.74, 6) is -0.216. The highest BCUT2D eigenvalue weighted by molar-refractivity contribution is 9.10. The highest BCUT2D eigenvalue weighted by Crippen LogP contribution is 2.32. The van der Waals surface area contributed by atoms with Gasteiger partial charge >= 0.3 is 0 Å². The van der Waals surface area contributed by atoms with E-state index in [-0.39, 0.29) is 15.8 Å². The Morgan fingerprint density at radius 3 is 2.72 bits per heavy atom. The number of nitrogens with one attached hydrogen (secondary N) is 1. The second kappa shape index (κ2) is 7.43. The number of hydrogen-bond donors (Lipinski definition) is 1. The van der Waals surface area contributed by atoms with E-state index < -0.39 is 10.0 Å². The Morgan fingerprint density at radius 2 is 2.00 bits per heavy atom. The quantitative estimate of drug-likeness (QED) is 0.595. The summed E-state index contributed by atoms with van der Waals surface area (Å²) >= 11 is 9.67. The summed E-state index contributed by atoms with van der Waals surface area (Å²) in [5, 5.41) is 1.18. The number of carbonyl (C=O) groups is 1. The molecule has 0 aliphatic carbocycles. The molecule has 29 heavy (non-hydrogen) atoms. The number of sulfonamides is 1. The molecule has 3 aromatic rings. The maximum Gasteiger partial charge on any atom is 0.254 e. The second-order valence-electron chi connectivity index (χ2n) is 7.15. The van der Waals surface area contributed by atoms with Crippen molar-refractivity contribution < 1.29 is 13.2 Å². The van der Waals surface area contributed by atoms with Crippen LogP contribution in [0.5, 0.6) is 0 Å². The van der Waals surface area contributed by atoms with Crippen LogP contribution in [0.15, 0.2) is 45.8 Å². The van der Waals surface area contributed by atoms with Crippen LogP contribution in [0.4, 0.5) is 0 Å². The van der Waals surface area contributed by atoms with E-state index >= 15 is 0 Å². The van der Waals surface area contributed by atoms with E-state index in [0.29, 0.717) is 25.1 Å². The van der Waals surface area contributed by atoms with Gasteiger partial charge in [-0.3, -0.25) is 4.79 Å². The molecule has 0 spiro atoms. The minimum absolute atomic E-state index is 0.0660. The number of rotatable bonds is 3. The lowest BCUT2D eigenvalue weighted by Crippen LogP contribution is -2.36. The van der Waals surface area contributed by atoms with Gasteiger partial charge in [-0.25, -0.2) is 12.7 Å². The number of aromatic amines is 1. The van der Waals surface area contributed by atoms with E-state index in [1.54, 1.807) is 11.0 Å². The van der Waals surface area contributed by atoms with E-state index in [0.717, 1.165) is 30.9 Å². The van der Waals surface area contributed by atoms with Gasteiger partial charge in [-0.2, -0.15) is 0 Å². The van der Waals surface area contributed by atoms with E-state index in [1.807, 2.05) is 18.2 Å². The van der Waals surface area contributed by atoms with Crippen LogP contribution in [0.1, 0.15) is 21.6 Å². The van der Waals surface area contributed by atoms with Crippen molar-refractivity contribution >= 4 is 54.4 Å². The Morgan fingerprint density at radius 1 is 1.24 bits per heavy atom. The summed E-state index contributed by atoms with van der Waals surface area (Å²) in [6.07, 6.45) is 0.707. The Hall–Kier alpha value is -1.87. The molecule has 2 aromatic carbocycles. The van der Waals surface area contributed by atoms with E-state index in [2.05, 4.69) is 20.9 Å². The van der Waals surface area contributed by atoms with Crippen LogP contribution in [0.3, 0.4) is 0 Å². The van der Waals surface area contributed by atoms with Gasteiger partial charge in [0.25, 0.3) is 5.91 Å². The topological polar surface area (TPSA) is 73.5 Å². The molecule has 0 saturated carbocycles. The van der Waals surface area contributed by atoms with Crippen molar-refractivity contribution in [3.05, 3.63) is 62.7 Å². The Bertz CT molecular complexity index is 1240. The van der Waals surface area contributed by atoms with Crippen LogP contribution in [-0.2, 0) is 23.0 Å². The SMILES string of the molecule is CN(C)S(=O)(=O)c1cc(C(=O)N2CCc3[nH]c4c(Br)cccc4c3C2)ccc1Cl. The molecule has 1 aliphatic heterocycles. The minimum atomic E-state index is -3.75. The molecule has 0 atom stereocenters. The van der Waals surface area contributed by atoms with E-state index in [1.165, 1.54) is 26.2 Å². The molecule has 9 heteroatoms. The van der Waals surface area contributed by atoms with Gasteiger partial charge in [-0.1, -0.05) is 23.7 Å². The lowest BCUT2D eigenvalue weighted by atomic mass is 10.0. The van der Waals surface area contributed by atoms with Crippen LogP contribution < -0.4 is 0 Å². The summed E-state index contributed by atoms with van der Waals surface area (Å²) in [4.78, 5) is 18.3. The molecular formula is C20H19BrClN3O3S. The number of aromatic nitrogens is 1. The first kappa shape index (κ1) is 20.4. The van der Waals surface area contributed by atoms with Gasteiger partial charge in [-0.05, 0) is 40.2 Å². The van der Waals surface area contributed by atoms with Gasteiger partial charge in [0, 0.05) is 60.3 Å². The highest BCUT2D eigenvalue weighted by atomic mass is 79.9. The van der Waals surface area contributed by atoms with Crippen molar-refractivity contribution in [1.29, 1.82) is 0 Å². The fourth-order valence-corrected chi connectivity index (χ4v) is 5.45.